The van der Waals surface area contributed by atoms with Gasteiger partial charge in [0.1, 0.15) is 0 Å². The van der Waals surface area contributed by atoms with Crippen molar-refractivity contribution in [1.29, 1.82) is 0 Å². The molecular formula is C24H30F2N4O5. The number of nitrogens with one attached hydrogen (secondary N) is 1. The first-order valence-electron chi connectivity index (χ1n) is 11.3. The van der Waals surface area contributed by atoms with E-state index in [0.717, 1.165) is 18.4 Å². The van der Waals surface area contributed by atoms with Crippen LogP contribution in [-0.2, 0) is 11.2 Å². The van der Waals surface area contributed by atoms with E-state index in [0.29, 0.717) is 6.42 Å². The van der Waals surface area contributed by atoms with Crippen LogP contribution in [-0.4, -0.2) is 64.2 Å². The van der Waals surface area contributed by atoms with Gasteiger partial charge in [0.15, 0.2) is 11.4 Å². The van der Waals surface area contributed by atoms with Gasteiger partial charge in [0.2, 0.25) is 11.8 Å². The fraction of sp³-hybridized carbons (Fsp3) is 0.500. The number of ether oxygens (including phenoxy) is 2. The van der Waals surface area contributed by atoms with Crippen molar-refractivity contribution in [3.63, 3.8) is 0 Å². The number of aliphatic carboxylic acids is 1. The zero-order chi connectivity index (χ0) is 25.6. The molecular weight excluding hydrogens is 462 g/mol. The van der Waals surface area contributed by atoms with Crippen LogP contribution in [0.3, 0.4) is 0 Å². The van der Waals surface area contributed by atoms with Gasteiger partial charge in [-0.15, -0.1) is 0 Å². The number of urea groups is 1. The van der Waals surface area contributed by atoms with Crippen molar-refractivity contribution in [3.05, 3.63) is 47.8 Å². The van der Waals surface area contributed by atoms with Gasteiger partial charge in [-0.2, -0.15) is 9.97 Å². The number of methoxy groups -OCH3 is 2. The van der Waals surface area contributed by atoms with Crippen molar-refractivity contribution >= 4 is 12.0 Å². The Kier molecular flexibility index (Phi) is 8.08. The average molecular weight is 493 g/mol. The lowest BCUT2D eigenvalue weighted by Crippen LogP contribution is -2.68. The molecule has 0 saturated heterocycles. The number of nitrogens with zero attached hydrogens (tertiary/aromatic N) is 3. The monoisotopic (exact) mass is 492 g/mol. The minimum atomic E-state index is -3.14. The highest BCUT2D eigenvalue weighted by atomic mass is 19.3. The summed E-state index contributed by atoms with van der Waals surface area (Å²) < 4.78 is 37.5. The third-order valence-electron chi connectivity index (χ3n) is 6.05. The maximum atomic E-state index is 13.6. The molecule has 2 N–H and O–H groups in total. The molecule has 1 unspecified atom stereocenters. The molecule has 190 valence electrons. The first-order valence-corrected chi connectivity index (χ1v) is 11.3. The van der Waals surface area contributed by atoms with Crippen LogP contribution in [0.1, 0.15) is 50.0 Å². The van der Waals surface area contributed by atoms with Crippen LogP contribution >= 0.6 is 0 Å². The molecule has 1 saturated carbocycles. The number of carboxylic acids is 1. The first-order chi connectivity index (χ1) is 16.6. The number of carbonyl (C=O) groups excluding carboxylic acids is 1. The number of benzene rings is 1. The van der Waals surface area contributed by atoms with E-state index < -0.39 is 42.3 Å². The van der Waals surface area contributed by atoms with Crippen molar-refractivity contribution in [2.45, 2.75) is 56.5 Å². The Hall–Kier alpha value is -3.50. The number of alkyl halides is 2. The quantitative estimate of drug-likeness (QED) is 0.458. The zero-order valence-electron chi connectivity index (χ0n) is 20.0. The molecule has 0 aliphatic heterocycles. The fourth-order valence-electron chi connectivity index (χ4n) is 4.08. The van der Waals surface area contributed by atoms with Crippen LogP contribution in [0.4, 0.5) is 13.6 Å². The molecule has 0 radical (unpaired) electrons. The van der Waals surface area contributed by atoms with Crippen molar-refractivity contribution in [2.75, 3.05) is 20.8 Å². The smallest absolute Gasteiger partial charge is 0.329 e. The van der Waals surface area contributed by atoms with Crippen molar-refractivity contribution in [2.24, 2.45) is 0 Å². The molecule has 2 aromatic rings. The number of carbonyl (C=O) groups is 2. The van der Waals surface area contributed by atoms with Gasteiger partial charge in [-0.05, 0) is 31.7 Å². The molecule has 1 heterocycles. The Morgan fingerprint density at radius 3 is 2.23 bits per heavy atom. The Bertz CT molecular complexity index is 1010. The summed E-state index contributed by atoms with van der Waals surface area (Å²) in [5.41, 5.74) is -0.867. The lowest BCUT2D eigenvalue weighted by atomic mass is 9.73. The van der Waals surface area contributed by atoms with E-state index in [1.807, 2.05) is 30.3 Å². The fourth-order valence-corrected chi connectivity index (χ4v) is 4.08. The molecule has 9 nitrogen and oxygen atoms in total. The summed E-state index contributed by atoms with van der Waals surface area (Å²) in [5, 5.41) is 11.9. The number of aryl methyl sites for hydroxylation is 1. The van der Waals surface area contributed by atoms with E-state index in [2.05, 4.69) is 15.3 Å². The molecule has 2 amide bonds. The molecule has 0 spiro atoms. The Morgan fingerprint density at radius 1 is 1.11 bits per heavy atom. The normalized spacial score (nSPS) is 16.5. The highest BCUT2D eigenvalue weighted by Gasteiger charge is 2.62. The summed E-state index contributed by atoms with van der Waals surface area (Å²) in [4.78, 5) is 34.9. The van der Waals surface area contributed by atoms with E-state index in [-0.39, 0.29) is 24.1 Å². The largest absolute Gasteiger partial charge is 0.481 e. The summed E-state index contributed by atoms with van der Waals surface area (Å²) >= 11 is 0. The summed E-state index contributed by atoms with van der Waals surface area (Å²) in [6.07, 6.45) is 0.218. The molecule has 1 atom stereocenters. The summed E-state index contributed by atoms with van der Waals surface area (Å²) in [6, 6.07) is 9.84. The number of amides is 2. The van der Waals surface area contributed by atoms with Crippen LogP contribution in [0.2, 0.25) is 0 Å². The molecule has 0 bridgehead atoms. The number of unbranched alkanes of at least 4 members (excludes halogenated alkanes) is 1. The predicted molar refractivity (Wildman–Crippen MR) is 123 cm³/mol. The lowest BCUT2D eigenvalue weighted by molar-refractivity contribution is -0.175. The Morgan fingerprint density at radius 2 is 1.71 bits per heavy atom. The third kappa shape index (κ3) is 6.34. The summed E-state index contributed by atoms with van der Waals surface area (Å²) in [5.74, 6) is -3.97. The minimum absolute atomic E-state index is 0.211. The maximum Gasteiger partial charge on any atom is 0.329 e. The average Bonchev–Trinajstić information content (AvgIpc) is 2.82. The molecule has 1 aromatic heterocycles. The van der Waals surface area contributed by atoms with Gasteiger partial charge >= 0.3 is 12.0 Å². The zero-order valence-corrected chi connectivity index (χ0v) is 20.0. The van der Waals surface area contributed by atoms with Crippen LogP contribution in [0.25, 0.3) is 0 Å². The number of hydrogen-bond donors (Lipinski definition) is 2. The number of carboxylic acid groups (broad SMARTS) is 1. The molecule has 1 aromatic carbocycles. The van der Waals surface area contributed by atoms with Crippen LogP contribution < -0.4 is 14.8 Å². The van der Waals surface area contributed by atoms with Crippen molar-refractivity contribution in [3.8, 4) is 11.8 Å². The molecule has 11 heteroatoms. The van der Waals surface area contributed by atoms with E-state index in [9.17, 15) is 23.5 Å². The van der Waals surface area contributed by atoms with Gasteiger partial charge in [-0.25, -0.2) is 18.4 Å². The van der Waals surface area contributed by atoms with E-state index >= 15 is 0 Å². The summed E-state index contributed by atoms with van der Waals surface area (Å²) in [6.45, 7) is 1.91. The number of halogens is 2. The van der Waals surface area contributed by atoms with Gasteiger partial charge in [0, 0.05) is 19.4 Å². The van der Waals surface area contributed by atoms with E-state index in [1.54, 1.807) is 6.92 Å². The number of rotatable bonds is 11. The molecule has 3 rings (SSSR count). The third-order valence-corrected chi connectivity index (χ3v) is 6.05. The Balaban J connectivity index is 1.79. The Labute approximate surface area is 202 Å². The lowest BCUT2D eigenvalue weighted by Gasteiger charge is -2.45. The van der Waals surface area contributed by atoms with Gasteiger partial charge < -0.3 is 24.8 Å². The highest BCUT2D eigenvalue weighted by molar-refractivity contribution is 5.87. The second kappa shape index (κ2) is 10.8. The molecule has 1 fully saturated rings. The molecule has 1 aliphatic carbocycles. The van der Waals surface area contributed by atoms with Crippen molar-refractivity contribution < 1.29 is 33.0 Å². The van der Waals surface area contributed by atoms with E-state index in [4.69, 9.17) is 9.47 Å². The number of aromatic nitrogens is 2. The van der Waals surface area contributed by atoms with Gasteiger partial charge in [0.25, 0.3) is 5.92 Å². The van der Waals surface area contributed by atoms with Gasteiger partial charge in [0.05, 0.1) is 26.3 Å². The molecule has 35 heavy (non-hydrogen) atoms. The minimum Gasteiger partial charge on any atom is -0.481 e. The first kappa shape index (κ1) is 26.1. The topological polar surface area (TPSA) is 114 Å². The van der Waals surface area contributed by atoms with Crippen LogP contribution in [0.15, 0.2) is 36.4 Å². The molecule has 1 aliphatic rings. The van der Waals surface area contributed by atoms with Gasteiger partial charge in [-0.1, -0.05) is 30.3 Å². The summed E-state index contributed by atoms with van der Waals surface area (Å²) in [7, 11) is 2.86. The van der Waals surface area contributed by atoms with Crippen LogP contribution in [0.5, 0.6) is 11.8 Å². The number of hydrogen-bond acceptors (Lipinski definition) is 6. The second-order valence-corrected chi connectivity index (χ2v) is 8.65. The van der Waals surface area contributed by atoms with Crippen LogP contribution in [0, 0.1) is 0 Å². The predicted octanol–water partition coefficient (Wildman–Crippen LogP) is 3.84. The standard InChI is InChI=1S/C24H30F2N4O5/c1-16(20-27-18(34-2)13-19(28-20)35-3)30(12-8-7-11-17-9-5-4-6-10-17)22(33)29-23(21(31)32)14-24(25,26)15-23/h4-6,9-10,13,16H,7-8,11-12,14-15H2,1-3H3,(H,29,33)(H,31,32). The maximum absolute atomic E-state index is 13.6. The highest BCUT2D eigenvalue weighted by Crippen LogP contribution is 2.46. The van der Waals surface area contributed by atoms with Crippen molar-refractivity contribution in [1.82, 2.24) is 20.2 Å². The second-order valence-electron chi connectivity index (χ2n) is 8.65. The SMILES string of the molecule is COc1cc(OC)nc(C(C)N(CCCCc2ccccc2)C(=O)NC2(C(=O)O)CC(F)(F)C2)n1. The van der Waals surface area contributed by atoms with E-state index in [1.165, 1.54) is 25.2 Å². The van der Waals surface area contributed by atoms with Gasteiger partial charge in [-0.3, -0.25) is 0 Å².